The molecule has 28 heavy (non-hydrogen) atoms. The molecule has 2 amide bonds. The van der Waals surface area contributed by atoms with Gasteiger partial charge in [0, 0.05) is 22.4 Å². The summed E-state index contributed by atoms with van der Waals surface area (Å²) in [6, 6.07) is 12.3. The summed E-state index contributed by atoms with van der Waals surface area (Å²) in [6.45, 7) is 10.3. The topological polar surface area (TPSA) is 67.4 Å². The SMILES string of the molecule is CC(C)COc1ccc(C(=O)Nc2cccc(NC(=O)C(C)(C)C)c2)cc1Br. The van der Waals surface area contributed by atoms with Gasteiger partial charge in [-0.1, -0.05) is 40.7 Å². The average Bonchev–Trinajstić information content (AvgIpc) is 2.60. The van der Waals surface area contributed by atoms with E-state index in [9.17, 15) is 9.59 Å². The number of carbonyl (C=O) groups is 2. The first-order valence-corrected chi connectivity index (χ1v) is 10.0. The van der Waals surface area contributed by atoms with Gasteiger partial charge in [-0.2, -0.15) is 0 Å². The summed E-state index contributed by atoms with van der Waals surface area (Å²) < 4.78 is 6.44. The van der Waals surface area contributed by atoms with Crippen molar-refractivity contribution in [1.82, 2.24) is 0 Å². The zero-order chi connectivity index (χ0) is 20.9. The standard InChI is InChI=1S/C22H27BrN2O3/c1-14(2)13-28-19-10-9-15(11-18(19)23)20(26)24-16-7-6-8-17(12-16)25-21(27)22(3,4)5/h6-12,14H,13H2,1-5H3,(H,24,26)(H,25,27). The third-order valence-electron chi connectivity index (χ3n) is 3.83. The minimum atomic E-state index is -0.495. The Labute approximate surface area is 175 Å². The third kappa shape index (κ3) is 6.37. The van der Waals surface area contributed by atoms with Gasteiger partial charge in [-0.25, -0.2) is 0 Å². The van der Waals surface area contributed by atoms with Crippen LogP contribution in [0.1, 0.15) is 45.0 Å². The number of anilines is 2. The third-order valence-corrected chi connectivity index (χ3v) is 4.45. The van der Waals surface area contributed by atoms with Crippen LogP contribution in [0.15, 0.2) is 46.9 Å². The van der Waals surface area contributed by atoms with Crippen LogP contribution in [-0.4, -0.2) is 18.4 Å². The number of nitrogens with one attached hydrogen (secondary N) is 2. The maximum absolute atomic E-state index is 12.6. The van der Waals surface area contributed by atoms with Gasteiger partial charge in [0.25, 0.3) is 5.91 Å². The van der Waals surface area contributed by atoms with Gasteiger partial charge in [0.15, 0.2) is 0 Å². The molecule has 0 radical (unpaired) electrons. The second-order valence-electron chi connectivity index (χ2n) is 8.09. The van der Waals surface area contributed by atoms with Gasteiger partial charge in [-0.05, 0) is 58.2 Å². The molecule has 0 spiro atoms. The molecule has 0 aliphatic heterocycles. The molecule has 0 aliphatic rings. The van der Waals surface area contributed by atoms with E-state index in [1.165, 1.54) is 0 Å². The number of halogens is 1. The predicted octanol–water partition coefficient (Wildman–Crippen LogP) is 5.72. The van der Waals surface area contributed by atoms with Crippen LogP contribution >= 0.6 is 15.9 Å². The van der Waals surface area contributed by atoms with Crippen molar-refractivity contribution in [2.24, 2.45) is 11.3 Å². The highest BCUT2D eigenvalue weighted by molar-refractivity contribution is 9.10. The first kappa shape index (κ1) is 22.0. The molecule has 2 N–H and O–H groups in total. The Balaban J connectivity index is 2.07. The lowest BCUT2D eigenvalue weighted by Gasteiger charge is -2.18. The molecule has 0 unspecified atom stereocenters. The molecular weight excluding hydrogens is 420 g/mol. The maximum atomic E-state index is 12.6. The van der Waals surface area contributed by atoms with Crippen molar-refractivity contribution < 1.29 is 14.3 Å². The molecule has 2 aromatic rings. The van der Waals surface area contributed by atoms with Crippen molar-refractivity contribution in [1.29, 1.82) is 0 Å². The van der Waals surface area contributed by atoms with E-state index in [2.05, 4.69) is 40.4 Å². The molecule has 0 heterocycles. The quantitative estimate of drug-likeness (QED) is 0.595. The molecule has 0 atom stereocenters. The second-order valence-corrected chi connectivity index (χ2v) is 8.94. The van der Waals surface area contributed by atoms with Crippen LogP contribution in [-0.2, 0) is 4.79 Å². The van der Waals surface area contributed by atoms with Gasteiger partial charge in [-0.3, -0.25) is 9.59 Å². The Hall–Kier alpha value is -2.34. The van der Waals surface area contributed by atoms with Crippen LogP contribution in [0.2, 0.25) is 0 Å². The molecule has 2 rings (SSSR count). The number of hydrogen-bond donors (Lipinski definition) is 2. The van der Waals surface area contributed by atoms with Crippen molar-refractivity contribution in [2.75, 3.05) is 17.2 Å². The van der Waals surface area contributed by atoms with Crippen molar-refractivity contribution in [2.45, 2.75) is 34.6 Å². The minimum absolute atomic E-state index is 0.0862. The second kappa shape index (κ2) is 9.24. The molecule has 0 aromatic heterocycles. The Bertz CT molecular complexity index is 857. The van der Waals surface area contributed by atoms with Crippen molar-refractivity contribution in [3.8, 4) is 5.75 Å². The van der Waals surface area contributed by atoms with Crippen LogP contribution in [0, 0.1) is 11.3 Å². The van der Waals surface area contributed by atoms with Crippen LogP contribution in [0.4, 0.5) is 11.4 Å². The van der Waals surface area contributed by atoms with E-state index in [1.54, 1.807) is 42.5 Å². The van der Waals surface area contributed by atoms with E-state index in [-0.39, 0.29) is 11.8 Å². The largest absolute Gasteiger partial charge is 0.492 e. The van der Waals surface area contributed by atoms with E-state index < -0.39 is 5.41 Å². The van der Waals surface area contributed by atoms with Crippen LogP contribution in [0.25, 0.3) is 0 Å². The summed E-state index contributed by atoms with van der Waals surface area (Å²) in [5.74, 6) is 0.797. The zero-order valence-corrected chi connectivity index (χ0v) is 18.5. The summed E-state index contributed by atoms with van der Waals surface area (Å²) in [4.78, 5) is 24.7. The monoisotopic (exact) mass is 446 g/mol. The summed E-state index contributed by atoms with van der Waals surface area (Å²) in [5.41, 5.74) is 1.25. The van der Waals surface area contributed by atoms with Gasteiger partial charge in [0.2, 0.25) is 5.91 Å². The summed E-state index contributed by atoms with van der Waals surface area (Å²) in [6.07, 6.45) is 0. The Morgan fingerprint density at radius 1 is 1.04 bits per heavy atom. The summed E-state index contributed by atoms with van der Waals surface area (Å²) in [7, 11) is 0. The normalized spacial score (nSPS) is 11.2. The van der Waals surface area contributed by atoms with Crippen LogP contribution in [0.3, 0.4) is 0 Å². The molecule has 0 bridgehead atoms. The Kier molecular flexibility index (Phi) is 7.24. The molecule has 150 valence electrons. The van der Waals surface area contributed by atoms with Gasteiger partial charge in [0.05, 0.1) is 11.1 Å². The highest BCUT2D eigenvalue weighted by atomic mass is 79.9. The highest BCUT2D eigenvalue weighted by Crippen LogP contribution is 2.27. The van der Waals surface area contributed by atoms with Crippen molar-refractivity contribution in [3.63, 3.8) is 0 Å². The lowest BCUT2D eigenvalue weighted by molar-refractivity contribution is -0.123. The van der Waals surface area contributed by atoms with Crippen molar-refractivity contribution in [3.05, 3.63) is 52.5 Å². The molecule has 0 fully saturated rings. The number of benzene rings is 2. The summed E-state index contributed by atoms with van der Waals surface area (Å²) in [5, 5.41) is 5.72. The molecule has 0 saturated heterocycles. The first-order valence-electron chi connectivity index (χ1n) is 9.21. The number of hydrogen-bond acceptors (Lipinski definition) is 3. The Morgan fingerprint density at radius 3 is 2.25 bits per heavy atom. The molecule has 2 aromatic carbocycles. The zero-order valence-electron chi connectivity index (χ0n) is 16.9. The smallest absolute Gasteiger partial charge is 0.255 e. The van der Waals surface area contributed by atoms with Crippen LogP contribution < -0.4 is 15.4 Å². The van der Waals surface area contributed by atoms with Crippen LogP contribution in [0.5, 0.6) is 5.75 Å². The molecule has 5 nitrogen and oxygen atoms in total. The molecule has 0 saturated carbocycles. The van der Waals surface area contributed by atoms with Gasteiger partial charge >= 0.3 is 0 Å². The van der Waals surface area contributed by atoms with E-state index in [1.807, 2.05) is 20.8 Å². The lowest BCUT2D eigenvalue weighted by atomic mass is 9.95. The van der Waals surface area contributed by atoms with E-state index in [0.29, 0.717) is 35.2 Å². The van der Waals surface area contributed by atoms with E-state index in [4.69, 9.17) is 4.74 Å². The fraction of sp³-hybridized carbons (Fsp3) is 0.364. The van der Waals surface area contributed by atoms with Gasteiger partial charge in [0.1, 0.15) is 5.75 Å². The number of rotatable bonds is 6. The van der Waals surface area contributed by atoms with Crippen molar-refractivity contribution >= 4 is 39.1 Å². The number of carbonyl (C=O) groups excluding carboxylic acids is 2. The summed E-state index contributed by atoms with van der Waals surface area (Å²) >= 11 is 3.46. The highest BCUT2D eigenvalue weighted by Gasteiger charge is 2.21. The van der Waals surface area contributed by atoms with E-state index >= 15 is 0 Å². The lowest BCUT2D eigenvalue weighted by Crippen LogP contribution is -2.27. The van der Waals surface area contributed by atoms with E-state index in [0.717, 1.165) is 4.47 Å². The molecule has 6 heteroatoms. The average molecular weight is 447 g/mol. The fourth-order valence-electron chi connectivity index (χ4n) is 2.21. The molecule has 0 aliphatic carbocycles. The number of amides is 2. The fourth-order valence-corrected chi connectivity index (χ4v) is 2.71. The molecular formula is C22H27BrN2O3. The Morgan fingerprint density at radius 2 is 1.68 bits per heavy atom. The first-order chi connectivity index (χ1) is 13.1. The van der Waals surface area contributed by atoms with Gasteiger partial charge < -0.3 is 15.4 Å². The number of ether oxygens (including phenoxy) is 1. The predicted molar refractivity (Wildman–Crippen MR) is 117 cm³/mol. The minimum Gasteiger partial charge on any atom is -0.492 e. The van der Waals surface area contributed by atoms with Gasteiger partial charge in [-0.15, -0.1) is 0 Å². The maximum Gasteiger partial charge on any atom is 0.255 e.